The van der Waals surface area contributed by atoms with E-state index >= 15 is 0 Å². The summed E-state index contributed by atoms with van der Waals surface area (Å²) in [5.74, 6) is 2.40. The molecule has 2 heterocycles. The summed E-state index contributed by atoms with van der Waals surface area (Å²) in [6.07, 6.45) is 6.48. The van der Waals surface area contributed by atoms with Gasteiger partial charge in [-0.05, 0) is 73.9 Å². The van der Waals surface area contributed by atoms with Crippen LogP contribution in [0.3, 0.4) is 0 Å². The Balaban J connectivity index is 1.38. The molecule has 200 valence electrons. The van der Waals surface area contributed by atoms with E-state index in [1.807, 2.05) is 53.2 Å². The molecule has 2 aromatic rings. The molecule has 0 aromatic heterocycles. The molecule has 0 aliphatic carbocycles. The first-order valence-corrected chi connectivity index (χ1v) is 13.9. The number of rotatable bonds is 4. The summed E-state index contributed by atoms with van der Waals surface area (Å²) in [5.41, 5.74) is 1.51. The molecule has 2 aromatic carbocycles. The summed E-state index contributed by atoms with van der Waals surface area (Å²) < 4.78 is 11.8. The van der Waals surface area contributed by atoms with Crippen LogP contribution in [0.15, 0.2) is 48.5 Å². The van der Waals surface area contributed by atoms with Crippen molar-refractivity contribution in [2.45, 2.75) is 58.8 Å². The zero-order valence-electron chi connectivity index (χ0n) is 22.7. The fourth-order valence-electron chi connectivity index (χ4n) is 5.45. The first-order chi connectivity index (χ1) is 17.9. The van der Waals surface area contributed by atoms with Crippen LogP contribution in [0.1, 0.15) is 68.3 Å². The maximum absolute atomic E-state index is 13.7. The number of piperidine rings is 1. The Morgan fingerprint density at radius 3 is 2.43 bits per heavy atom. The van der Waals surface area contributed by atoms with Gasteiger partial charge in [-0.15, -0.1) is 0 Å². The number of hydrogen-bond donors (Lipinski definition) is 0. The number of likely N-dealkylation sites (tertiary alicyclic amines) is 1. The van der Waals surface area contributed by atoms with Crippen LogP contribution in [0.5, 0.6) is 11.5 Å². The number of amides is 2. The summed E-state index contributed by atoms with van der Waals surface area (Å²) in [5, 5.41) is 0. The number of carbonyl (C=O) groups excluding carboxylic acids is 2. The molecular weight excluding hydrogens is 464 g/mol. The van der Waals surface area contributed by atoms with Crippen LogP contribution in [-0.2, 0) is 11.2 Å². The number of carbonyl (C=O) groups is 2. The maximum Gasteiger partial charge on any atom is 0.253 e. The van der Waals surface area contributed by atoms with Crippen molar-refractivity contribution in [2.24, 2.45) is 11.3 Å². The highest BCUT2D eigenvalue weighted by Gasteiger charge is 2.43. The van der Waals surface area contributed by atoms with E-state index < -0.39 is 5.41 Å². The minimum atomic E-state index is -0.402. The van der Waals surface area contributed by atoms with Crippen LogP contribution >= 0.6 is 0 Å². The van der Waals surface area contributed by atoms with Crippen molar-refractivity contribution in [3.8, 4) is 11.5 Å². The number of para-hydroxylation sites is 1. The van der Waals surface area contributed by atoms with Gasteiger partial charge in [0.1, 0.15) is 18.1 Å². The van der Waals surface area contributed by atoms with Gasteiger partial charge in [0.15, 0.2) is 0 Å². The maximum atomic E-state index is 13.7. The van der Waals surface area contributed by atoms with Gasteiger partial charge in [-0.2, -0.15) is 0 Å². The molecule has 6 heteroatoms. The van der Waals surface area contributed by atoms with Gasteiger partial charge in [0.25, 0.3) is 5.91 Å². The van der Waals surface area contributed by atoms with Crippen LogP contribution in [0.25, 0.3) is 0 Å². The van der Waals surface area contributed by atoms with E-state index in [2.05, 4.69) is 26.0 Å². The highest BCUT2D eigenvalue weighted by atomic mass is 16.5. The van der Waals surface area contributed by atoms with E-state index in [1.165, 1.54) is 5.56 Å². The monoisotopic (exact) mass is 506 g/mol. The molecule has 0 N–H and O–H groups in total. The Morgan fingerprint density at radius 2 is 1.70 bits per heavy atom. The average molecular weight is 507 g/mol. The fourth-order valence-corrected chi connectivity index (χ4v) is 5.45. The van der Waals surface area contributed by atoms with E-state index in [9.17, 15) is 9.59 Å². The van der Waals surface area contributed by atoms with Gasteiger partial charge in [0, 0.05) is 25.7 Å². The second-order valence-electron chi connectivity index (χ2n) is 11.0. The third kappa shape index (κ3) is 6.85. The summed E-state index contributed by atoms with van der Waals surface area (Å²) >= 11 is 0. The number of hydrogen-bond acceptors (Lipinski definition) is 4. The number of nitrogens with zero attached hydrogens (tertiary/aromatic N) is 2. The molecule has 4 rings (SSSR count). The molecule has 1 fully saturated rings. The third-order valence-corrected chi connectivity index (χ3v) is 7.75. The van der Waals surface area contributed by atoms with Gasteiger partial charge in [0.05, 0.1) is 18.6 Å². The minimum absolute atomic E-state index is 0.0295. The summed E-state index contributed by atoms with van der Waals surface area (Å²) in [7, 11) is 1.89. The number of ether oxygens (including phenoxy) is 2. The third-order valence-electron chi connectivity index (χ3n) is 7.75. The van der Waals surface area contributed by atoms with E-state index in [4.69, 9.17) is 9.47 Å². The SMILES string of the molecule is CC(C)COc1ccc(C(=O)N2CCC3(CCCCCc4ccccc4OCCN(C)C3=O)CC2)cc1. The Bertz CT molecular complexity index is 1040. The van der Waals surface area contributed by atoms with Gasteiger partial charge in [-0.3, -0.25) is 9.59 Å². The first kappa shape index (κ1) is 27.0. The smallest absolute Gasteiger partial charge is 0.253 e. The van der Waals surface area contributed by atoms with Gasteiger partial charge in [0.2, 0.25) is 5.91 Å². The topological polar surface area (TPSA) is 59.1 Å². The molecule has 2 aliphatic rings. The molecule has 2 aliphatic heterocycles. The van der Waals surface area contributed by atoms with Crippen LogP contribution in [-0.4, -0.2) is 61.5 Å². The summed E-state index contributed by atoms with van der Waals surface area (Å²) in [6, 6.07) is 15.7. The highest BCUT2D eigenvalue weighted by molar-refractivity contribution is 5.94. The minimum Gasteiger partial charge on any atom is -0.493 e. The van der Waals surface area contributed by atoms with Crippen molar-refractivity contribution < 1.29 is 19.1 Å². The number of likely N-dealkylation sites (N-methyl/N-ethyl adjacent to an activating group) is 1. The quantitative estimate of drug-likeness (QED) is 0.542. The Morgan fingerprint density at radius 1 is 0.973 bits per heavy atom. The lowest BCUT2D eigenvalue weighted by Crippen LogP contribution is -2.51. The van der Waals surface area contributed by atoms with Gasteiger partial charge < -0.3 is 19.3 Å². The van der Waals surface area contributed by atoms with Crippen molar-refractivity contribution in [3.05, 3.63) is 59.7 Å². The second-order valence-corrected chi connectivity index (χ2v) is 11.0. The number of fused-ring (bicyclic) bond motifs is 1. The van der Waals surface area contributed by atoms with Crippen molar-refractivity contribution >= 4 is 11.8 Å². The van der Waals surface area contributed by atoms with Gasteiger partial charge in [-0.1, -0.05) is 44.9 Å². The van der Waals surface area contributed by atoms with E-state index in [1.54, 1.807) is 0 Å². The highest BCUT2D eigenvalue weighted by Crippen LogP contribution is 2.39. The van der Waals surface area contributed by atoms with Crippen molar-refractivity contribution in [1.82, 2.24) is 9.80 Å². The molecule has 1 spiro atoms. The molecule has 0 radical (unpaired) electrons. The largest absolute Gasteiger partial charge is 0.493 e. The second kappa shape index (κ2) is 12.5. The Labute approximate surface area is 221 Å². The molecule has 0 saturated carbocycles. The number of benzene rings is 2. The standard InChI is InChI=1S/C31H42N2O4/c1-24(2)23-37-27-14-12-26(13-15-27)29(34)33-19-17-31(18-20-33)16-8-4-5-9-25-10-6-7-11-28(25)36-22-21-32(3)30(31)35/h6-7,10-15,24H,4-5,8-9,16-23H2,1-3H3. The molecular formula is C31H42N2O4. The van der Waals surface area contributed by atoms with E-state index in [0.717, 1.165) is 43.6 Å². The first-order valence-electron chi connectivity index (χ1n) is 13.9. The fraction of sp³-hybridized carbons (Fsp3) is 0.548. The predicted octanol–water partition coefficient (Wildman–Crippen LogP) is 5.60. The lowest BCUT2D eigenvalue weighted by Gasteiger charge is -2.42. The average Bonchev–Trinajstić information content (AvgIpc) is 2.92. The Kier molecular flexibility index (Phi) is 9.12. The van der Waals surface area contributed by atoms with E-state index in [0.29, 0.717) is 57.2 Å². The molecule has 0 unspecified atom stereocenters. The number of aryl methyl sites for hydroxylation is 1. The normalized spacial score (nSPS) is 18.9. The predicted molar refractivity (Wildman–Crippen MR) is 146 cm³/mol. The van der Waals surface area contributed by atoms with Crippen molar-refractivity contribution in [3.63, 3.8) is 0 Å². The molecule has 6 nitrogen and oxygen atoms in total. The zero-order valence-corrected chi connectivity index (χ0v) is 22.7. The van der Waals surface area contributed by atoms with Crippen LogP contribution in [0.4, 0.5) is 0 Å². The molecule has 1 saturated heterocycles. The van der Waals surface area contributed by atoms with E-state index in [-0.39, 0.29) is 11.8 Å². The van der Waals surface area contributed by atoms with Crippen molar-refractivity contribution in [2.75, 3.05) is 39.9 Å². The molecule has 37 heavy (non-hydrogen) atoms. The van der Waals surface area contributed by atoms with Crippen molar-refractivity contribution in [1.29, 1.82) is 0 Å². The van der Waals surface area contributed by atoms with Gasteiger partial charge >= 0.3 is 0 Å². The van der Waals surface area contributed by atoms with Crippen LogP contribution in [0, 0.1) is 11.3 Å². The molecule has 0 bridgehead atoms. The summed E-state index contributed by atoms with van der Waals surface area (Å²) in [6.45, 7) is 7.13. The zero-order chi connectivity index (χ0) is 26.3. The van der Waals surface area contributed by atoms with Gasteiger partial charge in [-0.25, -0.2) is 0 Å². The Hall–Kier alpha value is -3.02. The van der Waals surface area contributed by atoms with Crippen LogP contribution in [0.2, 0.25) is 0 Å². The summed E-state index contributed by atoms with van der Waals surface area (Å²) in [4.78, 5) is 30.7. The lowest BCUT2D eigenvalue weighted by atomic mass is 9.73. The lowest BCUT2D eigenvalue weighted by molar-refractivity contribution is -0.144. The molecule has 2 amide bonds. The molecule has 0 atom stereocenters. The van der Waals surface area contributed by atoms with Crippen LogP contribution < -0.4 is 9.47 Å².